The van der Waals surface area contributed by atoms with Crippen LogP contribution in [0.2, 0.25) is 0 Å². The lowest BCUT2D eigenvalue weighted by Crippen LogP contribution is -2.49. The van der Waals surface area contributed by atoms with E-state index in [0.29, 0.717) is 12.5 Å². The lowest BCUT2D eigenvalue weighted by atomic mass is 9.98. The summed E-state index contributed by atoms with van der Waals surface area (Å²) in [4.78, 5) is 36.5. The second-order valence-electron chi connectivity index (χ2n) is 9.49. The number of nitrogens with one attached hydrogen (secondary N) is 2. The van der Waals surface area contributed by atoms with E-state index in [-0.39, 0.29) is 17.9 Å². The van der Waals surface area contributed by atoms with Crippen LogP contribution in [-0.4, -0.2) is 42.3 Å². The van der Waals surface area contributed by atoms with Gasteiger partial charge in [0.2, 0.25) is 5.91 Å². The van der Waals surface area contributed by atoms with Gasteiger partial charge in [-0.25, -0.2) is 4.79 Å². The highest BCUT2D eigenvalue weighted by Gasteiger charge is 2.56. The second-order valence-corrected chi connectivity index (χ2v) is 9.49. The number of benzene rings is 2. The van der Waals surface area contributed by atoms with Gasteiger partial charge in [0.25, 0.3) is 0 Å². The Hall–Kier alpha value is -3.35. The Kier molecular flexibility index (Phi) is 5.56. The molecule has 3 atom stereocenters. The molecule has 3 aliphatic carbocycles. The smallest absolute Gasteiger partial charge is 0.407 e. The zero-order valence-corrected chi connectivity index (χ0v) is 18.4. The van der Waals surface area contributed by atoms with Crippen molar-refractivity contribution >= 4 is 18.0 Å². The largest absolute Gasteiger partial charge is 0.481 e. The molecule has 2 saturated carbocycles. The average Bonchev–Trinajstić information content (AvgIpc) is 3.19. The maximum absolute atomic E-state index is 12.7. The molecule has 5 rings (SSSR count). The first-order valence-electron chi connectivity index (χ1n) is 11.6. The Morgan fingerprint density at radius 1 is 1.06 bits per heavy atom. The SMILES string of the molecule is O=C(O)CC(NC(=O)OCC1c2ccccc2-c2ccccc21)C(=O)NC[C@@]12CCC[C@@H]1C2. The summed E-state index contributed by atoms with van der Waals surface area (Å²) in [6.07, 6.45) is 3.31. The van der Waals surface area contributed by atoms with Crippen molar-refractivity contribution in [3.05, 3.63) is 59.7 Å². The molecular weight excluding hydrogens is 420 g/mol. The Morgan fingerprint density at radius 2 is 1.73 bits per heavy atom. The van der Waals surface area contributed by atoms with E-state index in [1.54, 1.807) is 0 Å². The highest BCUT2D eigenvalue weighted by atomic mass is 16.5. The minimum atomic E-state index is -1.17. The van der Waals surface area contributed by atoms with E-state index in [0.717, 1.165) is 35.1 Å². The Bertz CT molecular complexity index is 1050. The average molecular weight is 449 g/mol. The minimum absolute atomic E-state index is 0.103. The second kappa shape index (κ2) is 8.54. The van der Waals surface area contributed by atoms with Gasteiger partial charge in [0, 0.05) is 12.5 Å². The predicted molar refractivity (Wildman–Crippen MR) is 122 cm³/mol. The Morgan fingerprint density at radius 3 is 2.30 bits per heavy atom. The van der Waals surface area contributed by atoms with Gasteiger partial charge in [0.05, 0.1) is 6.42 Å². The van der Waals surface area contributed by atoms with Gasteiger partial charge in [-0.2, -0.15) is 0 Å². The van der Waals surface area contributed by atoms with E-state index in [1.807, 2.05) is 36.4 Å². The molecule has 3 N–H and O–H groups in total. The van der Waals surface area contributed by atoms with Gasteiger partial charge < -0.3 is 20.5 Å². The Balaban J connectivity index is 1.20. The number of ether oxygens (including phenoxy) is 1. The molecule has 1 unspecified atom stereocenters. The maximum Gasteiger partial charge on any atom is 0.407 e. The third kappa shape index (κ3) is 4.19. The summed E-state index contributed by atoms with van der Waals surface area (Å²) >= 11 is 0. The third-order valence-electron chi connectivity index (χ3n) is 7.53. The number of fused-ring (bicyclic) bond motifs is 4. The summed E-state index contributed by atoms with van der Waals surface area (Å²) < 4.78 is 5.48. The van der Waals surface area contributed by atoms with Crippen LogP contribution < -0.4 is 10.6 Å². The van der Waals surface area contributed by atoms with Crippen LogP contribution in [0.15, 0.2) is 48.5 Å². The van der Waals surface area contributed by atoms with Crippen LogP contribution in [0.4, 0.5) is 4.79 Å². The van der Waals surface area contributed by atoms with Crippen LogP contribution in [-0.2, 0) is 14.3 Å². The molecule has 2 aromatic carbocycles. The molecule has 0 saturated heterocycles. The standard InChI is InChI=1S/C26H28N2O5/c29-23(30)12-22(24(31)27-15-26-11-5-6-16(26)13-26)28-25(32)33-14-21-19-9-3-1-7-17(19)18-8-2-4-10-20(18)21/h1-4,7-10,16,21-22H,5-6,11-15H2,(H,27,31)(H,28,32)(H,29,30)/t16-,22?,26+/m1/s1. The van der Waals surface area contributed by atoms with Crippen LogP contribution in [0.1, 0.15) is 49.1 Å². The minimum Gasteiger partial charge on any atom is -0.481 e. The number of aliphatic carboxylic acids is 1. The Labute approximate surface area is 192 Å². The van der Waals surface area contributed by atoms with Crippen molar-refractivity contribution < 1.29 is 24.2 Å². The fourth-order valence-corrected chi connectivity index (χ4v) is 5.70. The monoisotopic (exact) mass is 448 g/mol. The molecule has 2 fully saturated rings. The van der Waals surface area contributed by atoms with Crippen molar-refractivity contribution in [3.8, 4) is 11.1 Å². The van der Waals surface area contributed by atoms with Crippen molar-refractivity contribution in [2.24, 2.45) is 11.3 Å². The zero-order valence-electron chi connectivity index (χ0n) is 18.4. The van der Waals surface area contributed by atoms with Crippen LogP contribution in [0.5, 0.6) is 0 Å². The summed E-state index contributed by atoms with van der Waals surface area (Å²) in [6.45, 7) is 0.644. The fraction of sp³-hybridized carbons (Fsp3) is 0.423. The van der Waals surface area contributed by atoms with Crippen molar-refractivity contribution in [3.63, 3.8) is 0 Å². The van der Waals surface area contributed by atoms with Crippen LogP contribution in [0.3, 0.4) is 0 Å². The number of rotatable bonds is 8. The van der Waals surface area contributed by atoms with E-state index >= 15 is 0 Å². The number of carbonyl (C=O) groups excluding carboxylic acids is 2. The maximum atomic E-state index is 12.7. The molecule has 0 spiro atoms. The number of carboxylic acids is 1. The summed E-state index contributed by atoms with van der Waals surface area (Å²) in [5.74, 6) is -1.07. The third-order valence-corrected chi connectivity index (χ3v) is 7.53. The van der Waals surface area contributed by atoms with E-state index < -0.39 is 30.4 Å². The summed E-state index contributed by atoms with van der Waals surface area (Å²) in [5.41, 5.74) is 4.60. The molecule has 2 aromatic rings. The fourth-order valence-electron chi connectivity index (χ4n) is 5.70. The lowest BCUT2D eigenvalue weighted by Gasteiger charge is -2.20. The van der Waals surface area contributed by atoms with Crippen molar-refractivity contribution in [1.29, 1.82) is 0 Å². The first kappa shape index (κ1) is 21.5. The van der Waals surface area contributed by atoms with Gasteiger partial charge in [-0.1, -0.05) is 55.0 Å². The first-order valence-corrected chi connectivity index (χ1v) is 11.6. The van der Waals surface area contributed by atoms with E-state index in [1.165, 1.54) is 12.8 Å². The highest BCUT2D eigenvalue weighted by Crippen LogP contribution is 2.63. The molecule has 33 heavy (non-hydrogen) atoms. The quantitative estimate of drug-likeness (QED) is 0.572. The zero-order chi connectivity index (χ0) is 23.0. The van der Waals surface area contributed by atoms with E-state index in [4.69, 9.17) is 4.74 Å². The van der Waals surface area contributed by atoms with Gasteiger partial charge in [0.1, 0.15) is 12.6 Å². The van der Waals surface area contributed by atoms with E-state index in [2.05, 4.69) is 22.8 Å². The normalized spacial score (nSPS) is 23.1. The van der Waals surface area contributed by atoms with Crippen LogP contribution >= 0.6 is 0 Å². The molecule has 0 heterocycles. The number of carbonyl (C=O) groups is 3. The van der Waals surface area contributed by atoms with Gasteiger partial charge in [-0.15, -0.1) is 0 Å². The number of hydrogen-bond donors (Lipinski definition) is 3. The summed E-state index contributed by atoms with van der Waals surface area (Å²) in [6, 6.07) is 14.9. The van der Waals surface area contributed by atoms with Crippen LogP contribution in [0.25, 0.3) is 11.1 Å². The molecule has 0 bridgehead atoms. The number of hydrogen-bond acceptors (Lipinski definition) is 4. The lowest BCUT2D eigenvalue weighted by molar-refractivity contribution is -0.139. The van der Waals surface area contributed by atoms with Gasteiger partial charge in [0.15, 0.2) is 0 Å². The summed E-state index contributed by atoms with van der Waals surface area (Å²) in [5, 5.41) is 14.6. The molecule has 7 heteroatoms. The number of alkyl carbamates (subject to hydrolysis) is 1. The van der Waals surface area contributed by atoms with Gasteiger partial charge in [-0.05, 0) is 52.8 Å². The van der Waals surface area contributed by atoms with Crippen LogP contribution in [0, 0.1) is 11.3 Å². The number of amides is 2. The van der Waals surface area contributed by atoms with Gasteiger partial charge in [-0.3, -0.25) is 9.59 Å². The highest BCUT2D eigenvalue weighted by molar-refractivity contribution is 5.89. The predicted octanol–water partition coefficient (Wildman–Crippen LogP) is 3.67. The van der Waals surface area contributed by atoms with Crippen molar-refractivity contribution in [2.45, 2.75) is 44.1 Å². The molecule has 3 aliphatic rings. The van der Waals surface area contributed by atoms with E-state index in [9.17, 15) is 19.5 Å². The molecule has 0 aliphatic heterocycles. The first-order chi connectivity index (χ1) is 16.0. The molecule has 172 valence electrons. The number of carboxylic acid groups (broad SMARTS) is 1. The van der Waals surface area contributed by atoms with Gasteiger partial charge >= 0.3 is 12.1 Å². The molecule has 7 nitrogen and oxygen atoms in total. The van der Waals surface area contributed by atoms with Crippen molar-refractivity contribution in [2.75, 3.05) is 13.2 Å². The molecule has 2 amide bonds. The van der Waals surface area contributed by atoms with Crippen molar-refractivity contribution in [1.82, 2.24) is 10.6 Å². The molecule has 0 radical (unpaired) electrons. The summed E-state index contributed by atoms with van der Waals surface area (Å²) in [7, 11) is 0. The molecular formula is C26H28N2O5. The topological polar surface area (TPSA) is 105 Å². The molecule has 0 aromatic heterocycles.